The van der Waals surface area contributed by atoms with Gasteiger partial charge in [-0.25, -0.2) is 0 Å². The average Bonchev–Trinajstić information content (AvgIpc) is 3.05. The maximum Gasteiger partial charge on any atom is 0.227 e. The molecule has 4 saturated carbocycles. The molecule has 4 bridgehead atoms. The molecule has 2 heterocycles. The summed E-state index contributed by atoms with van der Waals surface area (Å²) in [5, 5.41) is 15.0. The summed E-state index contributed by atoms with van der Waals surface area (Å²) < 4.78 is 11.0. The van der Waals surface area contributed by atoms with Crippen LogP contribution in [0.2, 0.25) is 0 Å². The predicted molar refractivity (Wildman–Crippen MR) is 78.2 cm³/mol. The molecule has 1 N–H and O–H groups in total. The Morgan fingerprint density at radius 3 is 2.68 bits per heavy atom. The highest BCUT2D eigenvalue weighted by molar-refractivity contribution is 5.11. The molecule has 1 aliphatic heterocycles. The molecule has 5 heteroatoms. The van der Waals surface area contributed by atoms with E-state index in [1.807, 2.05) is 0 Å². The zero-order chi connectivity index (χ0) is 14.8. The van der Waals surface area contributed by atoms with Crippen molar-refractivity contribution >= 4 is 0 Å². The Balaban J connectivity index is 1.37. The van der Waals surface area contributed by atoms with E-state index in [1.165, 1.54) is 19.3 Å². The highest BCUT2D eigenvalue weighted by Crippen LogP contribution is 2.62. The van der Waals surface area contributed by atoms with Crippen LogP contribution in [0.25, 0.3) is 0 Å². The van der Waals surface area contributed by atoms with Crippen molar-refractivity contribution in [2.45, 2.75) is 62.9 Å². The van der Waals surface area contributed by atoms with Crippen LogP contribution in [0.4, 0.5) is 0 Å². The lowest BCUT2D eigenvalue weighted by atomic mass is 9.47. The van der Waals surface area contributed by atoms with Crippen molar-refractivity contribution in [3.8, 4) is 0 Å². The molecule has 6 rings (SSSR count). The van der Waals surface area contributed by atoms with E-state index in [1.54, 1.807) is 0 Å². The molecule has 2 unspecified atom stereocenters. The van der Waals surface area contributed by atoms with Gasteiger partial charge in [-0.15, -0.1) is 0 Å². The summed E-state index contributed by atoms with van der Waals surface area (Å²) in [4.78, 5) is 4.65. The van der Waals surface area contributed by atoms with Gasteiger partial charge in [0.15, 0.2) is 5.82 Å². The van der Waals surface area contributed by atoms with Gasteiger partial charge in [0, 0.05) is 18.9 Å². The number of hydrogen-bond acceptors (Lipinski definition) is 5. The summed E-state index contributed by atoms with van der Waals surface area (Å²) in [6.45, 7) is 1.52. The van der Waals surface area contributed by atoms with Crippen LogP contribution in [0, 0.1) is 17.3 Å². The third-order valence-electron chi connectivity index (χ3n) is 6.46. The number of nitrogens with zero attached hydrogens (tertiary/aromatic N) is 2. The second kappa shape index (κ2) is 4.54. The largest absolute Gasteiger partial charge is 0.390 e. The van der Waals surface area contributed by atoms with Gasteiger partial charge < -0.3 is 14.4 Å². The Labute approximate surface area is 130 Å². The lowest BCUT2D eigenvalue weighted by molar-refractivity contribution is -0.164. The summed E-state index contributed by atoms with van der Waals surface area (Å²) in [6, 6.07) is 0. The van der Waals surface area contributed by atoms with Gasteiger partial charge in [0.1, 0.15) is 0 Å². The highest BCUT2D eigenvalue weighted by Gasteiger charge is 2.57. The zero-order valence-corrected chi connectivity index (χ0v) is 13.0. The maximum absolute atomic E-state index is 10.8. The molecule has 5 aliphatic rings. The molecule has 1 saturated heterocycles. The normalized spacial score (nSPS) is 46.5. The molecule has 5 fully saturated rings. The van der Waals surface area contributed by atoms with E-state index in [0.29, 0.717) is 24.4 Å². The minimum Gasteiger partial charge on any atom is -0.390 e. The van der Waals surface area contributed by atoms with Crippen molar-refractivity contribution in [1.29, 1.82) is 0 Å². The first-order valence-corrected chi connectivity index (χ1v) is 8.74. The van der Waals surface area contributed by atoms with Gasteiger partial charge in [0.25, 0.3) is 0 Å². The summed E-state index contributed by atoms with van der Waals surface area (Å²) in [7, 11) is 0. The number of rotatable bonds is 3. The lowest BCUT2D eigenvalue weighted by Gasteiger charge is -2.60. The molecular weight excluding hydrogens is 280 g/mol. The van der Waals surface area contributed by atoms with Gasteiger partial charge in [-0.2, -0.15) is 4.98 Å². The first-order valence-electron chi connectivity index (χ1n) is 8.74. The first-order chi connectivity index (χ1) is 10.6. The third-order valence-corrected chi connectivity index (χ3v) is 6.46. The average molecular weight is 304 g/mol. The van der Waals surface area contributed by atoms with Crippen molar-refractivity contribution in [3.63, 3.8) is 0 Å². The summed E-state index contributed by atoms with van der Waals surface area (Å²) in [5.41, 5.74) is -0.207. The summed E-state index contributed by atoms with van der Waals surface area (Å²) in [5.74, 6) is 3.30. The van der Waals surface area contributed by atoms with Crippen molar-refractivity contribution < 1.29 is 14.4 Å². The van der Waals surface area contributed by atoms with E-state index < -0.39 is 5.60 Å². The van der Waals surface area contributed by atoms with Gasteiger partial charge in [-0.05, 0) is 62.2 Å². The predicted octanol–water partition coefficient (Wildman–Crippen LogP) is 2.45. The van der Waals surface area contributed by atoms with Crippen LogP contribution in [0.15, 0.2) is 4.52 Å². The van der Waals surface area contributed by atoms with Crippen molar-refractivity contribution in [3.05, 3.63) is 11.7 Å². The van der Waals surface area contributed by atoms with Crippen LogP contribution < -0.4 is 0 Å². The minimum atomic E-state index is -0.410. The molecule has 0 amide bonds. The van der Waals surface area contributed by atoms with Gasteiger partial charge in [0.2, 0.25) is 5.89 Å². The molecule has 4 aliphatic carbocycles. The van der Waals surface area contributed by atoms with Crippen molar-refractivity contribution in [1.82, 2.24) is 10.1 Å². The van der Waals surface area contributed by atoms with Gasteiger partial charge >= 0.3 is 0 Å². The molecule has 0 spiro atoms. The lowest BCUT2D eigenvalue weighted by Crippen LogP contribution is -2.56. The van der Waals surface area contributed by atoms with Gasteiger partial charge in [-0.1, -0.05) is 5.16 Å². The van der Waals surface area contributed by atoms with E-state index in [0.717, 1.165) is 50.4 Å². The molecule has 120 valence electrons. The molecule has 0 radical (unpaired) electrons. The van der Waals surface area contributed by atoms with E-state index in [-0.39, 0.29) is 5.41 Å². The summed E-state index contributed by atoms with van der Waals surface area (Å²) in [6.07, 6.45) is 8.58. The maximum atomic E-state index is 10.8. The van der Waals surface area contributed by atoms with Crippen molar-refractivity contribution in [2.24, 2.45) is 17.3 Å². The molecule has 1 aromatic rings. The van der Waals surface area contributed by atoms with Crippen LogP contribution >= 0.6 is 0 Å². The Kier molecular flexibility index (Phi) is 2.79. The fourth-order valence-electron chi connectivity index (χ4n) is 6.17. The van der Waals surface area contributed by atoms with E-state index >= 15 is 0 Å². The zero-order valence-electron chi connectivity index (χ0n) is 13.0. The fourth-order valence-corrected chi connectivity index (χ4v) is 6.17. The standard InChI is InChI=1S/C17H24N2O3/c20-17-6-11-3-12(7-17)5-16(4-11,10-17)8-14-18-15(19-22-14)13-1-2-21-9-13/h11-13,20H,1-10H2/t11-,12+,13-,16?,17?/m0/s1. The SMILES string of the molecule is OC12C[C@H]3C[C@@H](C1)CC(Cc1nc([C@H]4CCOC4)no1)(C3)C2. The molecule has 1 aromatic heterocycles. The van der Waals surface area contributed by atoms with Crippen LogP contribution in [0.1, 0.15) is 62.6 Å². The second-order valence-electron chi connectivity index (χ2n) is 8.47. The monoisotopic (exact) mass is 304 g/mol. The topological polar surface area (TPSA) is 68.4 Å². The van der Waals surface area contributed by atoms with Gasteiger partial charge in [-0.3, -0.25) is 0 Å². The molecule has 5 atom stereocenters. The number of hydrogen-bond donors (Lipinski definition) is 1. The summed E-state index contributed by atoms with van der Waals surface area (Å²) >= 11 is 0. The Morgan fingerprint density at radius 2 is 2.00 bits per heavy atom. The smallest absolute Gasteiger partial charge is 0.227 e. The fraction of sp³-hybridized carbons (Fsp3) is 0.882. The quantitative estimate of drug-likeness (QED) is 0.929. The van der Waals surface area contributed by atoms with E-state index in [2.05, 4.69) is 10.1 Å². The van der Waals surface area contributed by atoms with Gasteiger partial charge in [0.05, 0.1) is 12.2 Å². The Morgan fingerprint density at radius 1 is 1.18 bits per heavy atom. The molecule has 22 heavy (non-hydrogen) atoms. The van der Waals surface area contributed by atoms with Crippen LogP contribution in [-0.4, -0.2) is 34.1 Å². The van der Waals surface area contributed by atoms with Crippen molar-refractivity contribution in [2.75, 3.05) is 13.2 Å². The highest BCUT2D eigenvalue weighted by atomic mass is 16.5. The van der Waals surface area contributed by atoms with Crippen LogP contribution in [-0.2, 0) is 11.2 Å². The van der Waals surface area contributed by atoms with Crippen LogP contribution in [0.3, 0.4) is 0 Å². The molecule has 0 aromatic carbocycles. The Bertz CT molecular complexity index is 564. The van der Waals surface area contributed by atoms with E-state index in [4.69, 9.17) is 9.26 Å². The van der Waals surface area contributed by atoms with E-state index in [9.17, 15) is 5.11 Å². The minimum absolute atomic E-state index is 0.203. The van der Waals surface area contributed by atoms with Crippen LogP contribution in [0.5, 0.6) is 0 Å². The number of aromatic nitrogens is 2. The third kappa shape index (κ3) is 2.13. The Hall–Kier alpha value is -0.940. The molecule has 5 nitrogen and oxygen atoms in total. The second-order valence-corrected chi connectivity index (χ2v) is 8.47. The molecular formula is C17H24N2O3. The first kappa shape index (κ1) is 13.5. The number of ether oxygens (including phenoxy) is 1. The number of aliphatic hydroxyl groups is 1.